The number of hydrogen-bond donors (Lipinski definition) is 0. The molecule has 0 fully saturated rings. The fourth-order valence-corrected chi connectivity index (χ4v) is 4.81. The predicted octanol–water partition coefficient (Wildman–Crippen LogP) is 6.36. The Morgan fingerprint density at radius 3 is 1.37 bits per heavy atom. The van der Waals surface area contributed by atoms with Crippen molar-refractivity contribution in [3.8, 4) is 11.5 Å². The molecule has 0 spiro atoms. The van der Waals surface area contributed by atoms with Crippen molar-refractivity contribution in [1.82, 2.24) is 0 Å². The van der Waals surface area contributed by atoms with E-state index < -0.39 is 0 Å². The van der Waals surface area contributed by atoms with Gasteiger partial charge in [-0.05, 0) is 73.5 Å². The Kier molecular flexibility index (Phi) is 7.23. The summed E-state index contributed by atoms with van der Waals surface area (Å²) in [5.41, 5.74) is 0. The van der Waals surface area contributed by atoms with Gasteiger partial charge in [-0.2, -0.15) is 0 Å². The first-order valence-corrected chi connectivity index (χ1v) is 10.8. The van der Waals surface area contributed by atoms with Gasteiger partial charge in [0.1, 0.15) is 11.5 Å². The van der Waals surface area contributed by atoms with Gasteiger partial charge < -0.3 is 9.47 Å². The first kappa shape index (κ1) is 19.4. The number of rotatable bonds is 9. The van der Waals surface area contributed by atoms with Gasteiger partial charge in [-0.3, -0.25) is 0 Å². The van der Waals surface area contributed by atoms with Crippen LogP contribution in [0.15, 0.2) is 93.5 Å². The van der Waals surface area contributed by atoms with Crippen LogP contribution in [-0.4, -0.2) is 13.2 Å². The Bertz CT molecular complexity index is 747. The summed E-state index contributed by atoms with van der Waals surface area (Å²) < 4.78 is 11.5. The van der Waals surface area contributed by atoms with E-state index in [0.29, 0.717) is 0 Å². The van der Waals surface area contributed by atoms with Crippen molar-refractivity contribution in [2.75, 3.05) is 13.2 Å². The highest BCUT2D eigenvalue weighted by Crippen LogP contribution is 2.33. The van der Waals surface area contributed by atoms with Crippen LogP contribution in [0.2, 0.25) is 0 Å². The van der Waals surface area contributed by atoms with Gasteiger partial charge in [-0.1, -0.05) is 32.0 Å². The first-order chi connectivity index (χ1) is 13.3. The lowest BCUT2D eigenvalue weighted by Gasteiger charge is -2.10. The maximum absolute atomic E-state index is 5.74. The molecule has 0 aliphatic heterocycles. The zero-order chi connectivity index (χ0) is 18.9. The van der Waals surface area contributed by atoms with E-state index in [1.54, 1.807) is 0 Å². The van der Waals surface area contributed by atoms with Crippen LogP contribution < -0.4 is 9.47 Å². The first-order valence-electron chi connectivity index (χ1n) is 9.57. The molecule has 0 unspecified atom stereocenters. The maximum Gasteiger partial charge on any atom is 0.166 e. The summed E-state index contributed by atoms with van der Waals surface area (Å²) in [5.74, 6) is 1.86. The molecule has 0 atom stereocenters. The summed E-state index contributed by atoms with van der Waals surface area (Å²) >= 11 is 0. The molecule has 3 aromatic carbocycles. The minimum Gasteiger partial charge on any atom is -0.494 e. The van der Waals surface area contributed by atoms with Gasteiger partial charge in [0.05, 0.1) is 24.1 Å². The van der Waals surface area contributed by atoms with E-state index in [9.17, 15) is 0 Å². The quantitative estimate of drug-likeness (QED) is 0.403. The molecule has 2 nitrogen and oxygen atoms in total. The monoisotopic (exact) mass is 379 g/mol. The maximum atomic E-state index is 5.74. The summed E-state index contributed by atoms with van der Waals surface area (Å²) in [6, 6.07) is 27.7. The van der Waals surface area contributed by atoms with Crippen molar-refractivity contribution in [2.45, 2.75) is 41.4 Å². The summed E-state index contributed by atoms with van der Waals surface area (Å²) in [5, 5.41) is 0. The topological polar surface area (TPSA) is 18.5 Å². The summed E-state index contributed by atoms with van der Waals surface area (Å²) in [6.07, 6.45) is 2.03. The van der Waals surface area contributed by atoms with Crippen LogP contribution in [0.5, 0.6) is 11.5 Å². The van der Waals surface area contributed by atoms with Crippen LogP contribution in [0.1, 0.15) is 26.7 Å². The molecule has 0 radical (unpaired) electrons. The van der Waals surface area contributed by atoms with Gasteiger partial charge in [0.2, 0.25) is 0 Å². The average molecular weight is 380 g/mol. The standard InChI is InChI=1S/C24H27O2S/c1-3-18-25-20-10-14-23(15-11-20)27(22-8-6-5-7-9-22)24-16-12-21(13-17-24)26-19-4-2/h5-17H,3-4,18-19H2,1-2H3/q+1. The molecule has 3 rings (SSSR count). The van der Waals surface area contributed by atoms with Crippen LogP contribution >= 0.6 is 0 Å². The van der Waals surface area contributed by atoms with Crippen LogP contribution in [0.3, 0.4) is 0 Å². The molecule has 27 heavy (non-hydrogen) atoms. The zero-order valence-electron chi connectivity index (χ0n) is 16.1. The molecule has 0 heterocycles. The summed E-state index contributed by atoms with van der Waals surface area (Å²) in [7, 11) is -0.154. The average Bonchev–Trinajstić information content (AvgIpc) is 2.73. The Hall–Kier alpha value is -2.39. The van der Waals surface area contributed by atoms with E-state index in [0.717, 1.165) is 37.6 Å². The van der Waals surface area contributed by atoms with E-state index in [-0.39, 0.29) is 10.9 Å². The Balaban J connectivity index is 1.90. The molecule has 0 saturated carbocycles. The summed E-state index contributed by atoms with van der Waals surface area (Å²) in [4.78, 5) is 3.88. The molecule has 0 amide bonds. The largest absolute Gasteiger partial charge is 0.494 e. The number of hydrogen-bond acceptors (Lipinski definition) is 2. The molecule has 3 heteroatoms. The fraction of sp³-hybridized carbons (Fsp3) is 0.250. The molecule has 140 valence electrons. The zero-order valence-corrected chi connectivity index (χ0v) is 16.9. The lowest BCUT2D eigenvalue weighted by molar-refractivity contribution is 0.317. The second-order valence-corrected chi connectivity index (χ2v) is 8.29. The van der Waals surface area contributed by atoms with E-state index in [1.165, 1.54) is 14.7 Å². The van der Waals surface area contributed by atoms with Crippen molar-refractivity contribution >= 4 is 10.9 Å². The van der Waals surface area contributed by atoms with Gasteiger partial charge in [0.25, 0.3) is 0 Å². The second kappa shape index (κ2) is 10.1. The van der Waals surface area contributed by atoms with Crippen LogP contribution in [-0.2, 0) is 10.9 Å². The van der Waals surface area contributed by atoms with Gasteiger partial charge in [0.15, 0.2) is 14.7 Å². The lowest BCUT2D eigenvalue weighted by Crippen LogP contribution is -2.05. The van der Waals surface area contributed by atoms with Gasteiger partial charge in [-0.25, -0.2) is 0 Å². The van der Waals surface area contributed by atoms with E-state index >= 15 is 0 Å². The van der Waals surface area contributed by atoms with E-state index in [2.05, 4.69) is 92.7 Å². The fourth-order valence-electron chi connectivity index (χ4n) is 2.75. The lowest BCUT2D eigenvalue weighted by atomic mass is 10.3. The number of ether oxygens (including phenoxy) is 2. The van der Waals surface area contributed by atoms with Gasteiger partial charge in [-0.15, -0.1) is 0 Å². The molecule has 0 aromatic heterocycles. The minimum absolute atomic E-state index is 0.154. The van der Waals surface area contributed by atoms with Crippen molar-refractivity contribution < 1.29 is 9.47 Å². The number of benzene rings is 3. The smallest absolute Gasteiger partial charge is 0.166 e. The minimum atomic E-state index is -0.154. The highest BCUT2D eigenvalue weighted by Gasteiger charge is 2.28. The third-order valence-corrected chi connectivity index (χ3v) is 6.27. The third kappa shape index (κ3) is 5.30. The van der Waals surface area contributed by atoms with Crippen LogP contribution in [0.25, 0.3) is 0 Å². The Labute approximate surface area is 165 Å². The predicted molar refractivity (Wildman–Crippen MR) is 113 cm³/mol. The molecule has 0 aliphatic rings. The summed E-state index contributed by atoms with van der Waals surface area (Å²) in [6.45, 7) is 5.75. The Morgan fingerprint density at radius 2 is 0.963 bits per heavy atom. The van der Waals surface area contributed by atoms with Crippen molar-refractivity contribution in [3.05, 3.63) is 78.9 Å². The molecule has 0 bridgehead atoms. The highest BCUT2D eigenvalue weighted by atomic mass is 32.2. The Morgan fingerprint density at radius 1 is 0.556 bits per heavy atom. The van der Waals surface area contributed by atoms with Crippen LogP contribution in [0.4, 0.5) is 0 Å². The van der Waals surface area contributed by atoms with Crippen LogP contribution in [0, 0.1) is 0 Å². The van der Waals surface area contributed by atoms with Crippen molar-refractivity contribution in [1.29, 1.82) is 0 Å². The SMILES string of the molecule is CCCOc1ccc([S+](c2ccccc2)c2ccc(OCCC)cc2)cc1. The molecule has 0 N–H and O–H groups in total. The van der Waals surface area contributed by atoms with Gasteiger partial charge in [0, 0.05) is 0 Å². The second-order valence-electron chi connectivity index (χ2n) is 6.26. The van der Waals surface area contributed by atoms with E-state index in [4.69, 9.17) is 9.47 Å². The highest BCUT2D eigenvalue weighted by molar-refractivity contribution is 7.97. The third-order valence-electron chi connectivity index (χ3n) is 4.04. The molecule has 0 saturated heterocycles. The normalized spacial score (nSPS) is 10.8. The van der Waals surface area contributed by atoms with Crippen molar-refractivity contribution in [2.24, 2.45) is 0 Å². The van der Waals surface area contributed by atoms with Crippen molar-refractivity contribution in [3.63, 3.8) is 0 Å². The molecule has 3 aromatic rings. The van der Waals surface area contributed by atoms with E-state index in [1.807, 2.05) is 0 Å². The molecular weight excluding hydrogens is 352 g/mol. The molecule has 0 aliphatic carbocycles. The molecular formula is C24H27O2S+. The van der Waals surface area contributed by atoms with Gasteiger partial charge >= 0.3 is 0 Å².